The van der Waals surface area contributed by atoms with Crippen LogP contribution in [0.5, 0.6) is 0 Å². The van der Waals surface area contributed by atoms with E-state index in [2.05, 4.69) is 0 Å². The van der Waals surface area contributed by atoms with E-state index in [1.54, 1.807) is 6.92 Å². The van der Waals surface area contributed by atoms with Gasteiger partial charge in [0.1, 0.15) is 11.6 Å². The maximum atomic E-state index is 13.0. The lowest BCUT2D eigenvalue weighted by molar-refractivity contribution is -0.145. The first-order valence-electron chi connectivity index (χ1n) is 5.86. The molecular formula is C13H15F2NO2. The lowest BCUT2D eigenvalue weighted by Gasteiger charge is -2.41. The number of halogens is 2. The average Bonchev–Trinajstić information content (AvgIpc) is 2.20. The van der Waals surface area contributed by atoms with Crippen LogP contribution in [0.15, 0.2) is 18.2 Å². The van der Waals surface area contributed by atoms with Crippen LogP contribution in [0.3, 0.4) is 0 Å². The van der Waals surface area contributed by atoms with E-state index in [4.69, 9.17) is 5.11 Å². The standard InChI is InChI=1S/C13H15F2NO2/c1-8(13(17)18)10-6-16(7-10)5-9-2-11(14)4-12(15)3-9/h2-4,8,10H,5-7H2,1H3,(H,17,18). The molecule has 0 radical (unpaired) electrons. The third-order valence-corrected chi connectivity index (χ3v) is 3.41. The molecule has 1 aromatic rings. The first-order chi connectivity index (χ1) is 8.45. The lowest BCUT2D eigenvalue weighted by Crippen LogP contribution is -2.50. The number of carbonyl (C=O) groups is 1. The Labute approximate surface area is 104 Å². The summed E-state index contributed by atoms with van der Waals surface area (Å²) in [5.74, 6) is -2.20. The molecule has 1 unspecified atom stereocenters. The van der Waals surface area contributed by atoms with Crippen LogP contribution >= 0.6 is 0 Å². The molecule has 1 N–H and O–H groups in total. The molecule has 0 spiro atoms. The first-order valence-corrected chi connectivity index (χ1v) is 5.86. The Morgan fingerprint density at radius 2 is 1.94 bits per heavy atom. The van der Waals surface area contributed by atoms with E-state index in [0.717, 1.165) is 6.07 Å². The summed E-state index contributed by atoms with van der Waals surface area (Å²) in [4.78, 5) is 12.8. The van der Waals surface area contributed by atoms with Crippen molar-refractivity contribution in [2.75, 3.05) is 13.1 Å². The van der Waals surface area contributed by atoms with Crippen LogP contribution in [0.4, 0.5) is 8.78 Å². The predicted molar refractivity (Wildman–Crippen MR) is 61.9 cm³/mol. The molecule has 0 aromatic heterocycles. The largest absolute Gasteiger partial charge is 0.481 e. The van der Waals surface area contributed by atoms with E-state index in [-0.39, 0.29) is 11.8 Å². The highest BCUT2D eigenvalue weighted by atomic mass is 19.1. The van der Waals surface area contributed by atoms with Crippen LogP contribution in [0.2, 0.25) is 0 Å². The molecule has 1 aromatic carbocycles. The topological polar surface area (TPSA) is 40.5 Å². The van der Waals surface area contributed by atoms with Crippen molar-refractivity contribution in [2.45, 2.75) is 13.5 Å². The third kappa shape index (κ3) is 2.85. The maximum Gasteiger partial charge on any atom is 0.306 e. The zero-order chi connectivity index (χ0) is 13.3. The van der Waals surface area contributed by atoms with Crippen LogP contribution in [0.1, 0.15) is 12.5 Å². The second kappa shape index (κ2) is 5.02. The molecule has 1 atom stereocenters. The van der Waals surface area contributed by atoms with E-state index in [0.29, 0.717) is 25.2 Å². The minimum atomic E-state index is -0.795. The van der Waals surface area contributed by atoms with Gasteiger partial charge in [-0.05, 0) is 23.6 Å². The van der Waals surface area contributed by atoms with Crippen molar-refractivity contribution in [2.24, 2.45) is 11.8 Å². The molecule has 0 amide bonds. The number of rotatable bonds is 4. The summed E-state index contributed by atoms with van der Waals surface area (Å²) >= 11 is 0. The Morgan fingerprint density at radius 3 is 2.44 bits per heavy atom. The van der Waals surface area contributed by atoms with Crippen LogP contribution in [0.25, 0.3) is 0 Å². The number of benzene rings is 1. The molecule has 0 aliphatic carbocycles. The molecule has 98 valence electrons. The Bertz CT molecular complexity index is 438. The highest BCUT2D eigenvalue weighted by molar-refractivity contribution is 5.70. The van der Waals surface area contributed by atoms with Gasteiger partial charge in [0.05, 0.1) is 5.92 Å². The van der Waals surface area contributed by atoms with Gasteiger partial charge in [-0.3, -0.25) is 9.69 Å². The maximum absolute atomic E-state index is 13.0. The summed E-state index contributed by atoms with van der Waals surface area (Å²) in [7, 11) is 0. The van der Waals surface area contributed by atoms with Crippen molar-refractivity contribution in [1.82, 2.24) is 4.90 Å². The minimum absolute atomic E-state index is 0.126. The van der Waals surface area contributed by atoms with Gasteiger partial charge in [0.25, 0.3) is 0 Å². The average molecular weight is 255 g/mol. The molecule has 2 rings (SSSR count). The fraction of sp³-hybridized carbons (Fsp3) is 0.462. The Morgan fingerprint density at radius 1 is 1.39 bits per heavy atom. The van der Waals surface area contributed by atoms with Crippen molar-refractivity contribution in [3.8, 4) is 0 Å². The quantitative estimate of drug-likeness (QED) is 0.895. The van der Waals surface area contributed by atoms with Gasteiger partial charge in [0.15, 0.2) is 0 Å². The lowest BCUT2D eigenvalue weighted by atomic mass is 9.87. The van der Waals surface area contributed by atoms with Crippen molar-refractivity contribution in [1.29, 1.82) is 0 Å². The first kappa shape index (κ1) is 13.0. The van der Waals surface area contributed by atoms with Crippen molar-refractivity contribution >= 4 is 5.97 Å². The molecule has 1 aliphatic rings. The van der Waals surface area contributed by atoms with Gasteiger partial charge >= 0.3 is 5.97 Å². The summed E-state index contributed by atoms with van der Waals surface area (Å²) in [6.07, 6.45) is 0. The molecule has 1 fully saturated rings. The highest BCUT2D eigenvalue weighted by Crippen LogP contribution is 2.25. The van der Waals surface area contributed by atoms with Crippen LogP contribution in [-0.4, -0.2) is 29.1 Å². The number of likely N-dealkylation sites (tertiary alicyclic amines) is 1. The predicted octanol–water partition coefficient (Wildman–Crippen LogP) is 2.12. The van der Waals surface area contributed by atoms with Gasteiger partial charge in [0.2, 0.25) is 0 Å². The Hall–Kier alpha value is -1.49. The van der Waals surface area contributed by atoms with Gasteiger partial charge in [0, 0.05) is 25.7 Å². The van der Waals surface area contributed by atoms with E-state index in [1.165, 1.54) is 12.1 Å². The molecule has 0 bridgehead atoms. The number of aliphatic carboxylic acids is 1. The third-order valence-electron chi connectivity index (χ3n) is 3.41. The van der Waals surface area contributed by atoms with Crippen molar-refractivity contribution < 1.29 is 18.7 Å². The molecule has 18 heavy (non-hydrogen) atoms. The number of hydrogen-bond donors (Lipinski definition) is 1. The number of carboxylic acids is 1. The molecule has 5 heteroatoms. The molecule has 1 saturated heterocycles. The number of hydrogen-bond acceptors (Lipinski definition) is 2. The van der Waals surface area contributed by atoms with Crippen LogP contribution < -0.4 is 0 Å². The Kier molecular flexibility index (Phi) is 3.61. The zero-order valence-corrected chi connectivity index (χ0v) is 10.1. The normalized spacial score (nSPS) is 18.4. The van der Waals surface area contributed by atoms with E-state index >= 15 is 0 Å². The molecule has 1 heterocycles. The van der Waals surface area contributed by atoms with Crippen molar-refractivity contribution in [3.05, 3.63) is 35.4 Å². The number of nitrogens with zero attached hydrogens (tertiary/aromatic N) is 1. The summed E-state index contributed by atoms with van der Waals surface area (Å²) in [5, 5.41) is 8.85. The minimum Gasteiger partial charge on any atom is -0.481 e. The van der Waals surface area contributed by atoms with Gasteiger partial charge < -0.3 is 5.11 Å². The molecule has 1 aliphatic heterocycles. The van der Waals surface area contributed by atoms with Gasteiger partial charge in [-0.2, -0.15) is 0 Å². The number of carboxylic acid groups (broad SMARTS) is 1. The summed E-state index contributed by atoms with van der Waals surface area (Å²) in [6, 6.07) is 3.45. The van der Waals surface area contributed by atoms with Crippen LogP contribution in [0, 0.1) is 23.5 Å². The van der Waals surface area contributed by atoms with E-state index in [9.17, 15) is 13.6 Å². The fourth-order valence-electron chi connectivity index (χ4n) is 2.22. The highest BCUT2D eigenvalue weighted by Gasteiger charge is 2.34. The van der Waals surface area contributed by atoms with E-state index in [1.807, 2.05) is 4.90 Å². The second-order valence-electron chi connectivity index (χ2n) is 4.86. The Balaban J connectivity index is 1.88. The summed E-state index contributed by atoms with van der Waals surface area (Å²) in [6.45, 7) is 3.46. The molecule has 3 nitrogen and oxygen atoms in total. The summed E-state index contributed by atoms with van der Waals surface area (Å²) in [5.41, 5.74) is 0.578. The van der Waals surface area contributed by atoms with Gasteiger partial charge in [-0.15, -0.1) is 0 Å². The van der Waals surface area contributed by atoms with E-state index < -0.39 is 17.6 Å². The SMILES string of the molecule is CC(C(=O)O)C1CN(Cc2cc(F)cc(F)c2)C1. The summed E-state index contributed by atoms with van der Waals surface area (Å²) < 4.78 is 25.9. The monoisotopic (exact) mass is 255 g/mol. The smallest absolute Gasteiger partial charge is 0.306 e. The fourth-order valence-corrected chi connectivity index (χ4v) is 2.22. The van der Waals surface area contributed by atoms with Crippen LogP contribution in [-0.2, 0) is 11.3 Å². The molecule has 0 saturated carbocycles. The van der Waals surface area contributed by atoms with Gasteiger partial charge in [-0.1, -0.05) is 6.92 Å². The van der Waals surface area contributed by atoms with Gasteiger partial charge in [-0.25, -0.2) is 8.78 Å². The molecular weight excluding hydrogens is 240 g/mol. The van der Waals surface area contributed by atoms with Crippen molar-refractivity contribution in [3.63, 3.8) is 0 Å². The second-order valence-corrected chi connectivity index (χ2v) is 4.86. The zero-order valence-electron chi connectivity index (χ0n) is 10.1.